The van der Waals surface area contributed by atoms with Crippen LogP contribution in [0, 0.1) is 0 Å². The van der Waals surface area contributed by atoms with Gasteiger partial charge in [-0.1, -0.05) is 45.0 Å². The first-order chi connectivity index (χ1) is 15.3. The molecule has 0 saturated carbocycles. The monoisotopic (exact) mass is 431 g/mol. The number of nitrogens with zero attached hydrogens (tertiary/aromatic N) is 1. The summed E-state index contributed by atoms with van der Waals surface area (Å²) in [5, 5.41) is 5.68. The van der Waals surface area contributed by atoms with Crippen LogP contribution in [0.15, 0.2) is 73.1 Å². The number of pyridine rings is 1. The SMILES string of the molecule is CC(C)(C)c1ccc(OCCCC(=O)Nc2ccccc2NC(=O)c2cccnc2)cc1. The number of carbonyl (C=O) groups excluding carboxylic acids is 2. The Morgan fingerprint density at radius 3 is 2.22 bits per heavy atom. The molecule has 0 spiro atoms. The first-order valence-electron chi connectivity index (χ1n) is 10.7. The maximum absolute atomic E-state index is 12.4. The van der Waals surface area contributed by atoms with Gasteiger partial charge in [0, 0.05) is 18.8 Å². The maximum Gasteiger partial charge on any atom is 0.257 e. The van der Waals surface area contributed by atoms with Gasteiger partial charge in [0.25, 0.3) is 5.91 Å². The molecule has 2 amide bonds. The van der Waals surface area contributed by atoms with Crippen LogP contribution in [-0.4, -0.2) is 23.4 Å². The number of aromatic nitrogens is 1. The van der Waals surface area contributed by atoms with Crippen LogP contribution in [0.2, 0.25) is 0 Å². The number of para-hydroxylation sites is 2. The summed E-state index contributed by atoms with van der Waals surface area (Å²) in [6.07, 6.45) is 3.99. The van der Waals surface area contributed by atoms with E-state index in [9.17, 15) is 9.59 Å². The number of amides is 2. The lowest BCUT2D eigenvalue weighted by atomic mass is 9.87. The summed E-state index contributed by atoms with van der Waals surface area (Å²) in [4.78, 5) is 28.7. The van der Waals surface area contributed by atoms with Gasteiger partial charge in [-0.05, 0) is 53.8 Å². The molecule has 0 fully saturated rings. The lowest BCUT2D eigenvalue weighted by molar-refractivity contribution is -0.116. The average molecular weight is 432 g/mol. The standard InChI is InChI=1S/C26H29N3O3/c1-26(2,3)20-12-14-21(15-13-20)32-17-7-11-24(30)28-22-9-4-5-10-23(22)29-25(31)19-8-6-16-27-18-19/h4-6,8-10,12-16,18H,7,11,17H2,1-3H3,(H,28,30)(H,29,31). The van der Waals surface area contributed by atoms with E-state index in [2.05, 4.69) is 48.5 Å². The predicted molar refractivity (Wildman–Crippen MR) is 127 cm³/mol. The minimum Gasteiger partial charge on any atom is -0.494 e. The van der Waals surface area contributed by atoms with Gasteiger partial charge < -0.3 is 15.4 Å². The molecule has 6 nitrogen and oxygen atoms in total. The minimum absolute atomic E-state index is 0.102. The van der Waals surface area contributed by atoms with Crippen molar-refractivity contribution < 1.29 is 14.3 Å². The molecule has 0 aliphatic heterocycles. The molecule has 2 aromatic carbocycles. The molecule has 0 unspecified atom stereocenters. The molecule has 1 aromatic heterocycles. The topological polar surface area (TPSA) is 80.3 Å². The molecule has 0 atom stereocenters. The molecule has 0 saturated heterocycles. The quantitative estimate of drug-likeness (QED) is 0.466. The summed E-state index contributed by atoms with van der Waals surface area (Å²) >= 11 is 0. The number of carbonyl (C=O) groups is 2. The molecule has 0 bridgehead atoms. The molecule has 0 aliphatic rings. The average Bonchev–Trinajstić information content (AvgIpc) is 2.78. The third kappa shape index (κ3) is 6.67. The van der Waals surface area contributed by atoms with Crippen LogP contribution in [0.3, 0.4) is 0 Å². The summed E-state index contributed by atoms with van der Waals surface area (Å²) in [5.74, 6) is 0.368. The Labute approximate surface area is 189 Å². The fourth-order valence-corrected chi connectivity index (χ4v) is 3.08. The first kappa shape index (κ1) is 23.0. The van der Waals surface area contributed by atoms with E-state index in [1.807, 2.05) is 12.1 Å². The minimum atomic E-state index is -0.286. The number of hydrogen-bond acceptors (Lipinski definition) is 4. The van der Waals surface area contributed by atoms with Crippen molar-refractivity contribution in [1.82, 2.24) is 4.98 Å². The Bertz CT molecular complexity index is 1040. The molecule has 166 valence electrons. The van der Waals surface area contributed by atoms with Crippen LogP contribution in [0.5, 0.6) is 5.75 Å². The smallest absolute Gasteiger partial charge is 0.257 e. The highest BCUT2D eigenvalue weighted by molar-refractivity contribution is 6.07. The van der Waals surface area contributed by atoms with E-state index in [0.717, 1.165) is 5.75 Å². The molecular formula is C26H29N3O3. The van der Waals surface area contributed by atoms with E-state index >= 15 is 0 Å². The van der Waals surface area contributed by atoms with Crippen molar-refractivity contribution in [2.75, 3.05) is 17.2 Å². The zero-order valence-corrected chi connectivity index (χ0v) is 18.7. The Kier molecular flexibility index (Phi) is 7.60. The van der Waals surface area contributed by atoms with Gasteiger partial charge in [0.1, 0.15) is 5.75 Å². The van der Waals surface area contributed by atoms with Crippen molar-refractivity contribution in [3.63, 3.8) is 0 Å². The molecule has 2 N–H and O–H groups in total. The zero-order chi connectivity index (χ0) is 23.0. The highest BCUT2D eigenvalue weighted by atomic mass is 16.5. The van der Waals surface area contributed by atoms with Gasteiger partial charge in [-0.2, -0.15) is 0 Å². The second-order valence-electron chi connectivity index (χ2n) is 8.52. The Morgan fingerprint density at radius 2 is 1.59 bits per heavy atom. The second kappa shape index (κ2) is 10.6. The van der Waals surface area contributed by atoms with Crippen LogP contribution >= 0.6 is 0 Å². The Hall–Kier alpha value is -3.67. The van der Waals surface area contributed by atoms with Gasteiger partial charge >= 0.3 is 0 Å². The molecule has 1 heterocycles. The third-order valence-corrected chi connectivity index (χ3v) is 4.91. The second-order valence-corrected chi connectivity index (χ2v) is 8.52. The van der Waals surface area contributed by atoms with Crippen molar-refractivity contribution in [2.24, 2.45) is 0 Å². The van der Waals surface area contributed by atoms with Crippen LogP contribution in [0.25, 0.3) is 0 Å². The highest BCUT2D eigenvalue weighted by Gasteiger charge is 2.13. The number of ether oxygens (including phenoxy) is 1. The van der Waals surface area contributed by atoms with E-state index in [1.54, 1.807) is 42.6 Å². The predicted octanol–water partition coefficient (Wildman–Crippen LogP) is 5.43. The van der Waals surface area contributed by atoms with Gasteiger partial charge in [0.2, 0.25) is 5.91 Å². The third-order valence-electron chi connectivity index (χ3n) is 4.91. The largest absolute Gasteiger partial charge is 0.494 e. The number of benzene rings is 2. The van der Waals surface area contributed by atoms with E-state index in [-0.39, 0.29) is 17.2 Å². The fourth-order valence-electron chi connectivity index (χ4n) is 3.08. The molecule has 0 radical (unpaired) electrons. The fraction of sp³-hybridized carbons (Fsp3) is 0.269. The number of rotatable bonds is 8. The van der Waals surface area contributed by atoms with Crippen LogP contribution < -0.4 is 15.4 Å². The summed E-state index contributed by atoms with van der Waals surface area (Å²) in [6, 6.07) is 18.5. The van der Waals surface area contributed by atoms with E-state index in [0.29, 0.717) is 36.4 Å². The van der Waals surface area contributed by atoms with E-state index in [1.165, 1.54) is 11.8 Å². The van der Waals surface area contributed by atoms with Crippen molar-refractivity contribution in [3.8, 4) is 5.75 Å². The lowest BCUT2D eigenvalue weighted by Gasteiger charge is -2.19. The first-order valence-corrected chi connectivity index (χ1v) is 10.7. The maximum atomic E-state index is 12.4. The number of nitrogens with one attached hydrogen (secondary N) is 2. The Morgan fingerprint density at radius 1 is 0.906 bits per heavy atom. The molecule has 3 rings (SSSR count). The van der Waals surface area contributed by atoms with Crippen LogP contribution in [0.1, 0.15) is 49.5 Å². The van der Waals surface area contributed by atoms with Crippen molar-refractivity contribution in [1.29, 1.82) is 0 Å². The van der Waals surface area contributed by atoms with E-state index < -0.39 is 0 Å². The summed E-state index contributed by atoms with van der Waals surface area (Å²) in [6.45, 7) is 6.96. The molecule has 3 aromatic rings. The molecule has 6 heteroatoms. The molecule has 0 aliphatic carbocycles. The summed E-state index contributed by atoms with van der Waals surface area (Å²) in [7, 11) is 0. The van der Waals surface area contributed by atoms with Gasteiger partial charge in [0.05, 0.1) is 23.5 Å². The number of hydrogen-bond donors (Lipinski definition) is 2. The Balaban J connectivity index is 1.47. The number of anilines is 2. The van der Waals surface area contributed by atoms with Gasteiger partial charge in [0.15, 0.2) is 0 Å². The van der Waals surface area contributed by atoms with Crippen LogP contribution in [0.4, 0.5) is 11.4 Å². The van der Waals surface area contributed by atoms with Gasteiger partial charge in [-0.25, -0.2) is 0 Å². The summed E-state index contributed by atoms with van der Waals surface area (Å²) < 4.78 is 5.76. The van der Waals surface area contributed by atoms with Gasteiger partial charge in [-0.15, -0.1) is 0 Å². The van der Waals surface area contributed by atoms with Crippen LogP contribution in [-0.2, 0) is 10.2 Å². The van der Waals surface area contributed by atoms with Crippen molar-refractivity contribution >= 4 is 23.2 Å². The highest BCUT2D eigenvalue weighted by Crippen LogP contribution is 2.25. The van der Waals surface area contributed by atoms with Crippen molar-refractivity contribution in [3.05, 3.63) is 84.2 Å². The molecular weight excluding hydrogens is 402 g/mol. The van der Waals surface area contributed by atoms with Crippen molar-refractivity contribution in [2.45, 2.75) is 39.0 Å². The molecule has 32 heavy (non-hydrogen) atoms. The van der Waals surface area contributed by atoms with Gasteiger partial charge in [-0.3, -0.25) is 14.6 Å². The zero-order valence-electron chi connectivity index (χ0n) is 18.7. The summed E-state index contributed by atoms with van der Waals surface area (Å²) in [5.41, 5.74) is 2.88. The van der Waals surface area contributed by atoms with E-state index in [4.69, 9.17) is 4.74 Å². The lowest BCUT2D eigenvalue weighted by Crippen LogP contribution is -2.17. The normalized spacial score (nSPS) is 11.0.